The number of rotatable bonds is 8. The molecule has 3 aromatic heterocycles. The van der Waals surface area contributed by atoms with Crippen LogP contribution in [0.25, 0.3) is 0 Å². The molecule has 3 aliphatic rings. The molecule has 0 radical (unpaired) electrons. The number of hydrogen-bond donors (Lipinski definition) is 4. The van der Waals surface area contributed by atoms with Crippen LogP contribution in [0.4, 0.5) is 23.4 Å². The summed E-state index contributed by atoms with van der Waals surface area (Å²) >= 11 is 0. The summed E-state index contributed by atoms with van der Waals surface area (Å²) in [7, 11) is 0. The van der Waals surface area contributed by atoms with E-state index in [1.54, 1.807) is 0 Å². The Balaban J connectivity index is 1.21. The summed E-state index contributed by atoms with van der Waals surface area (Å²) in [6, 6.07) is 6.46. The maximum Gasteiger partial charge on any atom is 0.227 e. The molecule has 0 saturated heterocycles. The van der Waals surface area contributed by atoms with Crippen molar-refractivity contribution in [3.63, 3.8) is 0 Å². The molecule has 0 aliphatic heterocycles. The topological polar surface area (TPSA) is 117 Å². The lowest BCUT2D eigenvalue weighted by atomic mass is 9.95. The lowest BCUT2D eigenvalue weighted by Gasteiger charge is -2.23. The molecule has 31 heavy (non-hydrogen) atoms. The average molecular weight is 421 g/mol. The molecule has 0 aromatic carbocycles. The van der Waals surface area contributed by atoms with Crippen LogP contribution in [0, 0.1) is 18.8 Å². The lowest BCUT2D eigenvalue weighted by molar-refractivity contribution is 0.384. The Labute approximate surface area is 180 Å². The summed E-state index contributed by atoms with van der Waals surface area (Å²) in [6.45, 7) is 2.39. The highest BCUT2D eigenvalue weighted by atomic mass is 16.5. The van der Waals surface area contributed by atoms with Crippen LogP contribution in [-0.4, -0.2) is 31.4 Å². The molecule has 3 aliphatic carbocycles. The largest absolute Gasteiger partial charge is 0.367 e. The van der Waals surface area contributed by atoms with Gasteiger partial charge in [-0.3, -0.25) is 5.10 Å². The minimum atomic E-state index is 0.478. The molecule has 162 valence electrons. The summed E-state index contributed by atoms with van der Waals surface area (Å²) in [5.74, 6) is 5.90. The number of anilines is 4. The Morgan fingerprint density at radius 2 is 1.94 bits per heavy atom. The van der Waals surface area contributed by atoms with E-state index >= 15 is 0 Å². The zero-order chi connectivity index (χ0) is 20.8. The lowest BCUT2D eigenvalue weighted by Crippen LogP contribution is -2.26. The van der Waals surface area contributed by atoms with Crippen molar-refractivity contribution in [2.75, 3.05) is 16.0 Å². The van der Waals surface area contributed by atoms with Crippen LogP contribution in [-0.2, 0) is 6.54 Å². The minimum absolute atomic E-state index is 0.478. The Morgan fingerprint density at radius 1 is 1.03 bits per heavy atom. The molecule has 6 rings (SSSR count). The van der Waals surface area contributed by atoms with E-state index in [2.05, 4.69) is 42.4 Å². The van der Waals surface area contributed by atoms with Crippen LogP contribution in [0.1, 0.15) is 61.6 Å². The van der Waals surface area contributed by atoms with Crippen LogP contribution in [0.5, 0.6) is 0 Å². The fraction of sp³-hybridized carbons (Fsp3) is 0.545. The summed E-state index contributed by atoms with van der Waals surface area (Å²) in [6.07, 6.45) is 7.77. The van der Waals surface area contributed by atoms with E-state index in [0.717, 1.165) is 34.9 Å². The van der Waals surface area contributed by atoms with Crippen LogP contribution >= 0.6 is 0 Å². The highest BCUT2D eigenvalue weighted by Crippen LogP contribution is 2.45. The van der Waals surface area contributed by atoms with E-state index in [1.807, 2.05) is 19.1 Å². The molecule has 3 fully saturated rings. The first-order valence-corrected chi connectivity index (χ1v) is 11.3. The molecular formula is C22H28N8O. The highest BCUT2D eigenvalue weighted by molar-refractivity contribution is 5.59. The number of nitrogens with zero attached hydrogens (tertiary/aromatic N) is 4. The summed E-state index contributed by atoms with van der Waals surface area (Å²) in [5, 5.41) is 21.8. The van der Waals surface area contributed by atoms with Crippen molar-refractivity contribution >= 4 is 23.4 Å². The zero-order valence-corrected chi connectivity index (χ0v) is 17.7. The number of hydrogen-bond acceptors (Lipinski definition) is 8. The molecule has 3 saturated carbocycles. The zero-order valence-electron chi connectivity index (χ0n) is 17.7. The Morgan fingerprint density at radius 3 is 2.68 bits per heavy atom. The first kappa shape index (κ1) is 18.7. The van der Waals surface area contributed by atoms with Crippen molar-refractivity contribution in [3.05, 3.63) is 35.3 Å². The molecule has 0 spiro atoms. The first-order valence-electron chi connectivity index (χ1n) is 11.3. The van der Waals surface area contributed by atoms with Gasteiger partial charge in [0.15, 0.2) is 11.6 Å². The molecule has 2 bridgehead atoms. The number of aryl methyl sites for hydroxylation is 1. The SMILES string of the molecule is Cc1cc(CNc2nc(Nc3cc(C4CC4)[nH]n3)cc(NC3CC4CCC3C4)n2)on1. The van der Waals surface area contributed by atoms with Crippen molar-refractivity contribution in [2.24, 2.45) is 11.8 Å². The van der Waals surface area contributed by atoms with Crippen molar-refractivity contribution in [1.82, 2.24) is 25.3 Å². The summed E-state index contributed by atoms with van der Waals surface area (Å²) in [4.78, 5) is 9.38. The number of fused-ring (bicyclic) bond motifs is 2. The standard InChI is InChI=1S/C22H28N8O/c1-12-6-16(31-30-12)11-23-22-26-19(24-17-8-13-2-3-15(17)7-13)10-20(27-22)25-21-9-18(28-29-21)14-4-5-14/h6,9-10,13-15,17H,2-5,7-8,11H2,1H3,(H4,23,24,25,26,27,28,29). The normalized spacial score (nSPS) is 24.5. The third-order valence-electron chi connectivity index (χ3n) is 6.77. The van der Waals surface area contributed by atoms with Gasteiger partial charge in [0.1, 0.15) is 11.6 Å². The van der Waals surface area contributed by atoms with E-state index in [-0.39, 0.29) is 0 Å². The predicted molar refractivity (Wildman–Crippen MR) is 117 cm³/mol. The van der Waals surface area contributed by atoms with Gasteiger partial charge in [0.05, 0.1) is 12.2 Å². The molecular weight excluding hydrogens is 392 g/mol. The molecule has 9 nitrogen and oxygen atoms in total. The number of nitrogens with one attached hydrogen (secondary N) is 4. The second-order valence-corrected chi connectivity index (χ2v) is 9.28. The van der Waals surface area contributed by atoms with E-state index in [4.69, 9.17) is 9.51 Å². The molecule has 3 unspecified atom stereocenters. The fourth-order valence-corrected chi connectivity index (χ4v) is 5.08. The number of H-pyrrole nitrogens is 1. The number of aromatic amines is 1. The van der Waals surface area contributed by atoms with E-state index < -0.39 is 0 Å². The maximum atomic E-state index is 5.30. The molecule has 3 atom stereocenters. The summed E-state index contributed by atoms with van der Waals surface area (Å²) < 4.78 is 5.30. The highest BCUT2D eigenvalue weighted by Gasteiger charge is 2.39. The molecule has 0 amide bonds. The van der Waals surface area contributed by atoms with E-state index in [1.165, 1.54) is 44.2 Å². The van der Waals surface area contributed by atoms with Gasteiger partial charge in [-0.2, -0.15) is 15.1 Å². The van der Waals surface area contributed by atoms with Gasteiger partial charge >= 0.3 is 0 Å². The van der Waals surface area contributed by atoms with Gasteiger partial charge in [0, 0.05) is 35.9 Å². The monoisotopic (exact) mass is 420 g/mol. The van der Waals surface area contributed by atoms with Gasteiger partial charge in [0.25, 0.3) is 0 Å². The van der Waals surface area contributed by atoms with Crippen LogP contribution in [0.3, 0.4) is 0 Å². The van der Waals surface area contributed by atoms with Gasteiger partial charge < -0.3 is 20.5 Å². The Bertz CT molecular complexity index is 1070. The molecule has 4 N–H and O–H groups in total. The number of aromatic nitrogens is 5. The predicted octanol–water partition coefficient (Wildman–Crippen LogP) is 4.33. The first-order chi connectivity index (χ1) is 15.2. The Kier molecular flexibility index (Phi) is 4.54. The van der Waals surface area contributed by atoms with Gasteiger partial charge in [-0.05, 0) is 50.9 Å². The van der Waals surface area contributed by atoms with E-state index in [9.17, 15) is 0 Å². The molecule has 3 aromatic rings. The van der Waals surface area contributed by atoms with Gasteiger partial charge in [-0.15, -0.1) is 0 Å². The quantitative estimate of drug-likeness (QED) is 0.425. The summed E-state index contributed by atoms with van der Waals surface area (Å²) in [5.41, 5.74) is 2.05. The van der Waals surface area contributed by atoms with Crippen LogP contribution in [0.2, 0.25) is 0 Å². The van der Waals surface area contributed by atoms with Gasteiger partial charge in [-0.25, -0.2) is 0 Å². The second-order valence-electron chi connectivity index (χ2n) is 9.28. The average Bonchev–Trinajstić information content (AvgIpc) is 3.12. The van der Waals surface area contributed by atoms with Crippen molar-refractivity contribution in [1.29, 1.82) is 0 Å². The third-order valence-corrected chi connectivity index (χ3v) is 6.77. The van der Waals surface area contributed by atoms with Crippen LogP contribution in [0.15, 0.2) is 22.7 Å². The third kappa shape index (κ3) is 4.08. The maximum absolute atomic E-state index is 5.30. The smallest absolute Gasteiger partial charge is 0.227 e. The second kappa shape index (κ2) is 7.55. The molecule has 9 heteroatoms. The van der Waals surface area contributed by atoms with Gasteiger partial charge in [0.2, 0.25) is 5.95 Å². The Hall–Kier alpha value is -3.10. The van der Waals surface area contributed by atoms with E-state index in [0.29, 0.717) is 30.3 Å². The molecule has 3 heterocycles. The van der Waals surface area contributed by atoms with Crippen molar-refractivity contribution < 1.29 is 4.52 Å². The van der Waals surface area contributed by atoms with Crippen molar-refractivity contribution in [3.8, 4) is 0 Å². The fourth-order valence-electron chi connectivity index (χ4n) is 5.08. The van der Waals surface area contributed by atoms with Crippen molar-refractivity contribution in [2.45, 2.75) is 64.0 Å². The van der Waals surface area contributed by atoms with Gasteiger partial charge in [-0.1, -0.05) is 11.6 Å². The minimum Gasteiger partial charge on any atom is -0.367 e. The van der Waals surface area contributed by atoms with Crippen LogP contribution < -0.4 is 16.0 Å².